The standard InChI is InChI=1S/C31H24Cl2N2O2/c1-20-15-21(2)17-24(16-20)35-30(34-29-6-4-3-5-26(29)31(35)36)14-10-22-7-11-25(12-8-22)37-19-23-9-13-27(32)28(33)18-23/h3-18H,19H2,1-2H3. The second kappa shape index (κ2) is 10.6. The number of aromatic nitrogens is 2. The van der Waals surface area contributed by atoms with Crippen molar-refractivity contribution in [3.8, 4) is 11.4 Å². The molecule has 4 aromatic carbocycles. The topological polar surface area (TPSA) is 44.1 Å². The van der Waals surface area contributed by atoms with Crippen LogP contribution in [-0.4, -0.2) is 9.55 Å². The smallest absolute Gasteiger partial charge is 0.266 e. The predicted molar refractivity (Wildman–Crippen MR) is 153 cm³/mol. The molecule has 0 saturated carbocycles. The van der Waals surface area contributed by atoms with E-state index in [-0.39, 0.29) is 5.56 Å². The number of hydrogen-bond donors (Lipinski definition) is 0. The minimum atomic E-state index is -0.0960. The predicted octanol–water partition coefficient (Wildman–Crippen LogP) is 8.06. The van der Waals surface area contributed by atoms with E-state index in [1.165, 1.54) is 0 Å². The van der Waals surface area contributed by atoms with Crippen LogP contribution in [0.4, 0.5) is 0 Å². The molecule has 0 N–H and O–H groups in total. The van der Waals surface area contributed by atoms with E-state index < -0.39 is 0 Å². The number of rotatable bonds is 6. The van der Waals surface area contributed by atoms with Gasteiger partial charge in [-0.2, -0.15) is 0 Å². The van der Waals surface area contributed by atoms with E-state index in [2.05, 4.69) is 6.07 Å². The average Bonchev–Trinajstić information content (AvgIpc) is 2.88. The number of aryl methyl sites for hydroxylation is 2. The lowest BCUT2D eigenvalue weighted by Gasteiger charge is -2.13. The summed E-state index contributed by atoms with van der Waals surface area (Å²) in [6, 6.07) is 26.7. The summed E-state index contributed by atoms with van der Waals surface area (Å²) < 4.78 is 7.56. The molecule has 0 fully saturated rings. The lowest BCUT2D eigenvalue weighted by molar-refractivity contribution is 0.306. The van der Waals surface area contributed by atoms with E-state index in [0.717, 1.165) is 33.7 Å². The first-order valence-corrected chi connectivity index (χ1v) is 12.6. The zero-order valence-electron chi connectivity index (χ0n) is 20.4. The summed E-state index contributed by atoms with van der Waals surface area (Å²) >= 11 is 12.1. The second-order valence-electron chi connectivity index (χ2n) is 8.91. The van der Waals surface area contributed by atoms with Gasteiger partial charge in [-0.15, -0.1) is 0 Å². The van der Waals surface area contributed by atoms with Gasteiger partial charge in [-0.25, -0.2) is 4.98 Å². The Kier molecular flexibility index (Phi) is 7.13. The molecule has 0 aliphatic carbocycles. The maximum Gasteiger partial charge on any atom is 0.266 e. The van der Waals surface area contributed by atoms with Crippen molar-refractivity contribution in [2.45, 2.75) is 20.5 Å². The summed E-state index contributed by atoms with van der Waals surface area (Å²) in [4.78, 5) is 18.3. The monoisotopic (exact) mass is 526 g/mol. The molecule has 1 aromatic heterocycles. The van der Waals surface area contributed by atoms with Crippen LogP contribution in [-0.2, 0) is 6.61 Å². The SMILES string of the molecule is Cc1cc(C)cc(-n2c(C=Cc3ccc(OCc4ccc(Cl)c(Cl)c4)cc3)nc3ccccc3c2=O)c1. The summed E-state index contributed by atoms with van der Waals surface area (Å²) in [5.41, 5.74) is 5.43. The number of hydrogen-bond acceptors (Lipinski definition) is 3. The van der Waals surface area contributed by atoms with Gasteiger partial charge in [0.15, 0.2) is 0 Å². The van der Waals surface area contributed by atoms with Gasteiger partial charge in [-0.1, -0.05) is 65.7 Å². The minimum Gasteiger partial charge on any atom is -0.489 e. The number of fused-ring (bicyclic) bond motifs is 1. The van der Waals surface area contributed by atoms with Gasteiger partial charge in [0.05, 0.1) is 26.6 Å². The summed E-state index contributed by atoms with van der Waals surface area (Å²) in [6.07, 6.45) is 3.82. The molecular weight excluding hydrogens is 503 g/mol. The van der Waals surface area contributed by atoms with E-state index >= 15 is 0 Å². The van der Waals surface area contributed by atoms with Crippen LogP contribution < -0.4 is 10.3 Å². The van der Waals surface area contributed by atoms with Gasteiger partial charge in [0.1, 0.15) is 18.2 Å². The van der Waals surface area contributed by atoms with Crippen molar-refractivity contribution >= 4 is 46.3 Å². The van der Waals surface area contributed by atoms with Crippen LogP contribution in [0.1, 0.15) is 28.1 Å². The molecule has 0 radical (unpaired) electrons. The molecule has 37 heavy (non-hydrogen) atoms. The number of ether oxygens (including phenoxy) is 1. The van der Waals surface area contributed by atoms with Crippen LogP contribution in [0.15, 0.2) is 89.7 Å². The minimum absolute atomic E-state index is 0.0960. The molecule has 0 amide bonds. The van der Waals surface area contributed by atoms with E-state index in [1.54, 1.807) is 16.7 Å². The third-order valence-corrected chi connectivity index (χ3v) is 6.70. The molecule has 0 saturated heterocycles. The number of benzene rings is 4. The molecule has 0 aliphatic rings. The molecule has 5 rings (SSSR count). The van der Waals surface area contributed by atoms with Crippen LogP contribution in [0.25, 0.3) is 28.7 Å². The number of nitrogens with zero attached hydrogens (tertiary/aromatic N) is 2. The lowest BCUT2D eigenvalue weighted by atomic mass is 10.1. The molecule has 0 unspecified atom stereocenters. The Balaban J connectivity index is 1.44. The zero-order valence-corrected chi connectivity index (χ0v) is 21.9. The first kappa shape index (κ1) is 24.8. The highest BCUT2D eigenvalue weighted by atomic mass is 35.5. The number of halogens is 2. The Morgan fingerprint density at radius 1 is 0.838 bits per heavy atom. The van der Waals surface area contributed by atoms with Gasteiger partial charge < -0.3 is 4.74 Å². The molecule has 184 valence electrons. The Morgan fingerprint density at radius 2 is 1.57 bits per heavy atom. The summed E-state index contributed by atoms with van der Waals surface area (Å²) in [5, 5.41) is 1.61. The molecule has 1 heterocycles. The van der Waals surface area contributed by atoms with Gasteiger partial charge in [0.25, 0.3) is 5.56 Å². The highest BCUT2D eigenvalue weighted by molar-refractivity contribution is 6.42. The third kappa shape index (κ3) is 5.61. The van der Waals surface area contributed by atoms with Gasteiger partial charge in [-0.3, -0.25) is 9.36 Å². The fourth-order valence-corrected chi connectivity index (χ4v) is 4.55. The Morgan fingerprint density at radius 3 is 2.30 bits per heavy atom. The fraction of sp³-hybridized carbons (Fsp3) is 0.0968. The summed E-state index contributed by atoms with van der Waals surface area (Å²) in [7, 11) is 0. The zero-order chi connectivity index (χ0) is 25.9. The molecule has 5 aromatic rings. The third-order valence-electron chi connectivity index (χ3n) is 5.96. The van der Waals surface area contributed by atoms with Crippen LogP contribution in [0.5, 0.6) is 5.75 Å². The van der Waals surface area contributed by atoms with Crippen LogP contribution >= 0.6 is 23.2 Å². The molecule has 0 spiro atoms. The van der Waals surface area contributed by atoms with Crippen LogP contribution in [0.3, 0.4) is 0 Å². The first-order chi connectivity index (χ1) is 17.9. The molecule has 0 aliphatic heterocycles. The summed E-state index contributed by atoms with van der Waals surface area (Å²) in [6.45, 7) is 4.43. The van der Waals surface area contributed by atoms with Gasteiger partial charge in [-0.05, 0) is 90.7 Å². The quantitative estimate of drug-likeness (QED) is 0.224. The van der Waals surface area contributed by atoms with E-state index in [4.69, 9.17) is 32.9 Å². The van der Waals surface area contributed by atoms with Crippen molar-refractivity contribution in [2.75, 3.05) is 0 Å². The van der Waals surface area contributed by atoms with Crippen LogP contribution in [0, 0.1) is 13.8 Å². The molecule has 4 nitrogen and oxygen atoms in total. The van der Waals surface area contributed by atoms with Crippen molar-refractivity contribution in [1.82, 2.24) is 9.55 Å². The highest BCUT2D eigenvalue weighted by Crippen LogP contribution is 2.24. The van der Waals surface area contributed by atoms with Gasteiger partial charge >= 0.3 is 0 Å². The normalized spacial score (nSPS) is 11.4. The molecular formula is C31H24Cl2N2O2. The van der Waals surface area contributed by atoms with E-state index in [9.17, 15) is 4.79 Å². The van der Waals surface area contributed by atoms with Crippen LogP contribution in [0.2, 0.25) is 10.0 Å². The first-order valence-electron chi connectivity index (χ1n) is 11.8. The summed E-state index contributed by atoms with van der Waals surface area (Å²) in [5.74, 6) is 1.30. The molecule has 6 heteroatoms. The van der Waals surface area contributed by atoms with Crippen molar-refractivity contribution in [1.29, 1.82) is 0 Å². The highest BCUT2D eigenvalue weighted by Gasteiger charge is 2.12. The lowest BCUT2D eigenvalue weighted by Crippen LogP contribution is -2.22. The fourth-order valence-electron chi connectivity index (χ4n) is 4.23. The average molecular weight is 527 g/mol. The maximum atomic E-state index is 13.5. The van der Waals surface area contributed by atoms with E-state index in [1.807, 2.05) is 92.7 Å². The molecule has 0 bridgehead atoms. The van der Waals surface area contributed by atoms with Crippen molar-refractivity contribution in [3.63, 3.8) is 0 Å². The van der Waals surface area contributed by atoms with Gasteiger partial charge in [0, 0.05) is 0 Å². The van der Waals surface area contributed by atoms with Gasteiger partial charge in [0.2, 0.25) is 0 Å². The van der Waals surface area contributed by atoms with Crippen molar-refractivity contribution in [3.05, 3.63) is 133 Å². The Labute approximate surface area is 225 Å². The molecule has 0 atom stereocenters. The second-order valence-corrected chi connectivity index (χ2v) is 9.73. The van der Waals surface area contributed by atoms with Crippen molar-refractivity contribution < 1.29 is 4.74 Å². The Bertz CT molecular complexity index is 1670. The maximum absolute atomic E-state index is 13.5. The van der Waals surface area contributed by atoms with E-state index in [0.29, 0.717) is 33.4 Å². The number of para-hydroxylation sites is 1. The Hall–Kier alpha value is -3.86. The largest absolute Gasteiger partial charge is 0.489 e. The van der Waals surface area contributed by atoms with Crippen molar-refractivity contribution in [2.24, 2.45) is 0 Å².